The van der Waals surface area contributed by atoms with Crippen LogP contribution in [0.4, 0.5) is 5.69 Å². The van der Waals surface area contributed by atoms with Crippen molar-refractivity contribution in [2.45, 2.75) is 12.8 Å². The minimum absolute atomic E-state index is 0.368. The van der Waals surface area contributed by atoms with Gasteiger partial charge in [-0.25, -0.2) is 0 Å². The first-order chi connectivity index (χ1) is 5.36. The number of hydrogen-bond acceptors (Lipinski definition) is 2. The number of phenolic OH excluding ortho intramolecular Hbond substituents is 1. The zero-order chi connectivity index (χ0) is 7.68. The molecular weight excluding hydrogens is 138 g/mol. The first kappa shape index (κ1) is 6.53. The van der Waals surface area contributed by atoms with E-state index >= 15 is 0 Å². The van der Waals surface area contributed by atoms with Gasteiger partial charge in [-0.2, -0.15) is 0 Å². The van der Waals surface area contributed by atoms with E-state index in [9.17, 15) is 0 Å². The second-order valence-electron chi connectivity index (χ2n) is 2.87. The number of aryl methyl sites for hydroxylation is 1. The fourth-order valence-electron chi connectivity index (χ4n) is 1.46. The standard InChI is InChI=1S/C9H11NO/c11-8-3-4-9-7(6-8)2-1-5-10-9/h3-4,6,10-11H,1-2,5H2. The summed E-state index contributed by atoms with van der Waals surface area (Å²) < 4.78 is 0. The van der Waals surface area contributed by atoms with E-state index < -0.39 is 0 Å². The largest absolute Gasteiger partial charge is 0.508 e. The molecule has 0 spiro atoms. The van der Waals surface area contributed by atoms with Crippen LogP contribution in [0, 0.1) is 0 Å². The van der Waals surface area contributed by atoms with Gasteiger partial charge in [0.15, 0.2) is 0 Å². The molecule has 1 heterocycles. The van der Waals surface area contributed by atoms with Crippen molar-refractivity contribution in [1.29, 1.82) is 0 Å². The molecule has 0 unspecified atom stereocenters. The topological polar surface area (TPSA) is 32.3 Å². The number of phenols is 1. The molecule has 1 aliphatic heterocycles. The molecule has 0 saturated carbocycles. The van der Waals surface area contributed by atoms with E-state index in [-0.39, 0.29) is 0 Å². The molecule has 0 saturated heterocycles. The van der Waals surface area contributed by atoms with Crippen molar-refractivity contribution in [1.82, 2.24) is 0 Å². The Balaban J connectivity index is 2.43. The minimum Gasteiger partial charge on any atom is -0.508 e. The van der Waals surface area contributed by atoms with Crippen LogP contribution in [0.3, 0.4) is 0 Å². The lowest BCUT2D eigenvalue weighted by molar-refractivity contribution is 0.474. The molecule has 0 amide bonds. The zero-order valence-electron chi connectivity index (χ0n) is 6.30. The van der Waals surface area contributed by atoms with Crippen molar-refractivity contribution >= 4 is 5.69 Å². The van der Waals surface area contributed by atoms with Gasteiger partial charge in [0.05, 0.1) is 0 Å². The van der Waals surface area contributed by atoms with E-state index in [1.54, 1.807) is 6.07 Å². The third-order valence-corrected chi connectivity index (χ3v) is 2.03. The van der Waals surface area contributed by atoms with Gasteiger partial charge in [0, 0.05) is 12.2 Å². The summed E-state index contributed by atoms with van der Waals surface area (Å²) in [5.41, 5.74) is 2.41. The number of aromatic hydroxyl groups is 1. The van der Waals surface area contributed by atoms with Gasteiger partial charge in [0.2, 0.25) is 0 Å². The molecule has 2 nitrogen and oxygen atoms in total. The van der Waals surface area contributed by atoms with Crippen LogP contribution >= 0.6 is 0 Å². The van der Waals surface area contributed by atoms with E-state index in [1.165, 1.54) is 11.3 Å². The Labute approximate surface area is 65.9 Å². The van der Waals surface area contributed by atoms with Gasteiger partial charge in [0.25, 0.3) is 0 Å². The van der Waals surface area contributed by atoms with Crippen LogP contribution in [0.1, 0.15) is 12.0 Å². The van der Waals surface area contributed by atoms with Crippen LogP contribution in [-0.4, -0.2) is 11.7 Å². The maximum absolute atomic E-state index is 9.16. The van der Waals surface area contributed by atoms with Gasteiger partial charge >= 0.3 is 0 Å². The van der Waals surface area contributed by atoms with Crippen molar-refractivity contribution < 1.29 is 5.11 Å². The van der Waals surface area contributed by atoms with Crippen LogP contribution in [-0.2, 0) is 6.42 Å². The molecule has 0 fully saturated rings. The Morgan fingerprint density at radius 1 is 1.36 bits per heavy atom. The van der Waals surface area contributed by atoms with Crippen LogP contribution in [0.5, 0.6) is 5.75 Å². The van der Waals surface area contributed by atoms with E-state index in [2.05, 4.69) is 5.32 Å². The molecule has 2 heteroatoms. The first-order valence-corrected chi connectivity index (χ1v) is 3.92. The highest BCUT2D eigenvalue weighted by atomic mass is 16.3. The third-order valence-electron chi connectivity index (χ3n) is 2.03. The lowest BCUT2D eigenvalue weighted by Gasteiger charge is -2.17. The summed E-state index contributed by atoms with van der Waals surface area (Å²) >= 11 is 0. The fourth-order valence-corrected chi connectivity index (χ4v) is 1.46. The molecule has 0 aliphatic carbocycles. The Kier molecular flexibility index (Phi) is 1.46. The molecule has 11 heavy (non-hydrogen) atoms. The number of rotatable bonds is 0. The van der Waals surface area contributed by atoms with E-state index in [0.29, 0.717) is 5.75 Å². The predicted octanol–water partition coefficient (Wildman–Crippen LogP) is 1.75. The normalized spacial score (nSPS) is 15.3. The smallest absolute Gasteiger partial charge is 0.116 e. The van der Waals surface area contributed by atoms with Crippen LogP contribution in [0.2, 0.25) is 0 Å². The van der Waals surface area contributed by atoms with Crippen LogP contribution in [0.25, 0.3) is 0 Å². The molecule has 58 valence electrons. The Morgan fingerprint density at radius 2 is 2.27 bits per heavy atom. The van der Waals surface area contributed by atoms with Gasteiger partial charge in [-0.15, -0.1) is 0 Å². The molecule has 0 aromatic heterocycles. The van der Waals surface area contributed by atoms with E-state index in [1.807, 2.05) is 12.1 Å². The predicted molar refractivity (Wildman–Crippen MR) is 44.9 cm³/mol. The summed E-state index contributed by atoms with van der Waals surface area (Å²) in [5, 5.41) is 12.4. The van der Waals surface area contributed by atoms with Crippen molar-refractivity contribution in [3.8, 4) is 5.75 Å². The first-order valence-electron chi connectivity index (χ1n) is 3.92. The quantitative estimate of drug-likeness (QED) is 0.551. The molecule has 1 aliphatic rings. The summed E-state index contributed by atoms with van der Waals surface area (Å²) in [6.07, 6.45) is 2.24. The molecule has 0 radical (unpaired) electrons. The summed E-state index contributed by atoms with van der Waals surface area (Å²) in [7, 11) is 0. The highest BCUT2D eigenvalue weighted by Gasteiger charge is 2.07. The number of hydrogen-bond donors (Lipinski definition) is 2. The average molecular weight is 149 g/mol. The number of anilines is 1. The van der Waals surface area contributed by atoms with E-state index in [0.717, 1.165) is 19.4 Å². The maximum Gasteiger partial charge on any atom is 0.116 e. The van der Waals surface area contributed by atoms with Crippen molar-refractivity contribution in [2.24, 2.45) is 0 Å². The van der Waals surface area contributed by atoms with Crippen molar-refractivity contribution in [3.05, 3.63) is 23.8 Å². The maximum atomic E-state index is 9.16. The molecule has 0 bridgehead atoms. The lowest BCUT2D eigenvalue weighted by Crippen LogP contribution is -2.10. The molecule has 2 N–H and O–H groups in total. The molecule has 1 aromatic rings. The second kappa shape index (κ2) is 2.46. The lowest BCUT2D eigenvalue weighted by atomic mass is 10.0. The van der Waals surface area contributed by atoms with Crippen molar-refractivity contribution in [2.75, 3.05) is 11.9 Å². The molecular formula is C9H11NO. The number of nitrogens with one attached hydrogen (secondary N) is 1. The van der Waals surface area contributed by atoms with Gasteiger partial charge < -0.3 is 10.4 Å². The third kappa shape index (κ3) is 1.16. The molecule has 1 aromatic carbocycles. The summed E-state index contributed by atoms with van der Waals surface area (Å²) in [6, 6.07) is 5.49. The van der Waals surface area contributed by atoms with Gasteiger partial charge in [-0.05, 0) is 36.6 Å². The van der Waals surface area contributed by atoms with Crippen LogP contribution < -0.4 is 5.32 Å². The monoisotopic (exact) mass is 149 g/mol. The summed E-state index contributed by atoms with van der Waals surface area (Å²) in [5.74, 6) is 0.368. The van der Waals surface area contributed by atoms with Gasteiger partial charge in [0.1, 0.15) is 5.75 Å². The highest BCUT2D eigenvalue weighted by molar-refractivity contribution is 5.55. The Hall–Kier alpha value is -1.18. The van der Waals surface area contributed by atoms with Crippen molar-refractivity contribution in [3.63, 3.8) is 0 Å². The van der Waals surface area contributed by atoms with E-state index in [4.69, 9.17) is 5.11 Å². The molecule has 2 rings (SSSR count). The van der Waals surface area contributed by atoms with Crippen LogP contribution in [0.15, 0.2) is 18.2 Å². The fraction of sp³-hybridized carbons (Fsp3) is 0.333. The number of fused-ring (bicyclic) bond motifs is 1. The Bertz CT molecular complexity index is 270. The summed E-state index contributed by atoms with van der Waals surface area (Å²) in [6.45, 7) is 1.05. The number of benzene rings is 1. The summed E-state index contributed by atoms with van der Waals surface area (Å²) in [4.78, 5) is 0. The van der Waals surface area contributed by atoms with Gasteiger partial charge in [-0.1, -0.05) is 0 Å². The molecule has 0 atom stereocenters. The SMILES string of the molecule is Oc1ccc2c(c1)CCCN2. The Morgan fingerprint density at radius 3 is 3.18 bits per heavy atom. The minimum atomic E-state index is 0.368. The zero-order valence-corrected chi connectivity index (χ0v) is 6.30. The second-order valence-corrected chi connectivity index (χ2v) is 2.87. The average Bonchev–Trinajstić information content (AvgIpc) is 2.04. The van der Waals surface area contributed by atoms with Gasteiger partial charge in [-0.3, -0.25) is 0 Å². The highest BCUT2D eigenvalue weighted by Crippen LogP contribution is 2.25.